The van der Waals surface area contributed by atoms with E-state index in [-0.39, 0.29) is 29.4 Å². The molecule has 0 spiro atoms. The first-order valence-electron chi connectivity index (χ1n) is 8.95. The number of hydrogen-bond donors (Lipinski definition) is 3. The third-order valence-electron chi connectivity index (χ3n) is 3.12. The largest absolute Gasteiger partial charge is 0.444 e. The Hall–Kier alpha value is -1.10. The Balaban J connectivity index is 0.00000676. The topological polar surface area (TPSA) is 87.6 Å². The van der Waals surface area contributed by atoms with Crippen LogP contribution in [-0.4, -0.2) is 42.3 Å². The number of rotatable bonds is 6. The van der Waals surface area contributed by atoms with E-state index in [2.05, 4.69) is 52.1 Å². The van der Waals surface area contributed by atoms with Crippen molar-refractivity contribution in [1.29, 1.82) is 0 Å². The van der Waals surface area contributed by atoms with Gasteiger partial charge in [-0.05, 0) is 27.7 Å². The summed E-state index contributed by atoms with van der Waals surface area (Å²) in [6, 6.07) is 0. The zero-order chi connectivity index (χ0) is 19.8. The molecule has 0 aliphatic carbocycles. The van der Waals surface area contributed by atoms with Gasteiger partial charge in [0.1, 0.15) is 10.6 Å². The van der Waals surface area contributed by atoms with E-state index >= 15 is 0 Å². The van der Waals surface area contributed by atoms with E-state index in [0.29, 0.717) is 25.6 Å². The van der Waals surface area contributed by atoms with Crippen molar-refractivity contribution in [3.05, 3.63) is 16.1 Å². The SMILES string of the molecule is CCNC(=NCc1nc(C(C)(C)C)cs1)NCCNC(=O)OC(C)(C)C.I. The second-order valence-electron chi connectivity index (χ2n) is 7.93. The fourth-order valence-electron chi connectivity index (χ4n) is 1.88. The molecule has 0 aliphatic rings. The zero-order valence-electron chi connectivity index (χ0n) is 17.4. The fraction of sp³-hybridized carbons (Fsp3) is 0.722. The summed E-state index contributed by atoms with van der Waals surface area (Å²) in [5, 5.41) is 12.2. The molecule has 0 aromatic carbocycles. The zero-order valence-corrected chi connectivity index (χ0v) is 20.6. The normalized spacial score (nSPS) is 12.2. The molecular weight excluding hydrogens is 477 g/mol. The van der Waals surface area contributed by atoms with E-state index in [9.17, 15) is 4.79 Å². The molecule has 1 amide bonds. The Bertz CT molecular complexity index is 606. The molecule has 0 unspecified atom stereocenters. The summed E-state index contributed by atoms with van der Waals surface area (Å²) < 4.78 is 5.20. The van der Waals surface area contributed by atoms with Crippen molar-refractivity contribution in [2.24, 2.45) is 4.99 Å². The summed E-state index contributed by atoms with van der Waals surface area (Å²) >= 11 is 1.63. The van der Waals surface area contributed by atoms with E-state index in [4.69, 9.17) is 4.74 Å². The molecule has 7 nitrogen and oxygen atoms in total. The van der Waals surface area contributed by atoms with Crippen LogP contribution in [0.15, 0.2) is 10.4 Å². The summed E-state index contributed by atoms with van der Waals surface area (Å²) in [6.45, 7) is 16.3. The van der Waals surface area contributed by atoms with Gasteiger partial charge in [0.05, 0.1) is 12.2 Å². The number of alkyl carbamates (subject to hydrolysis) is 1. The lowest BCUT2D eigenvalue weighted by Gasteiger charge is -2.19. The number of thiazole rings is 1. The Kier molecular flexibility index (Phi) is 11.2. The molecule has 1 aromatic rings. The third-order valence-corrected chi connectivity index (χ3v) is 3.96. The lowest BCUT2D eigenvalue weighted by molar-refractivity contribution is 0.0529. The Morgan fingerprint density at radius 3 is 2.30 bits per heavy atom. The molecule has 0 radical (unpaired) electrons. The average molecular weight is 511 g/mol. The van der Waals surface area contributed by atoms with Gasteiger partial charge < -0.3 is 20.7 Å². The molecular formula is C18H34IN5O2S. The van der Waals surface area contributed by atoms with Crippen molar-refractivity contribution < 1.29 is 9.53 Å². The number of guanidine groups is 1. The van der Waals surface area contributed by atoms with E-state index in [1.54, 1.807) is 11.3 Å². The van der Waals surface area contributed by atoms with Gasteiger partial charge in [-0.3, -0.25) is 0 Å². The third kappa shape index (κ3) is 11.4. The molecule has 1 heterocycles. The molecule has 156 valence electrons. The minimum absolute atomic E-state index is 0. The van der Waals surface area contributed by atoms with Crippen molar-refractivity contribution in [3.8, 4) is 0 Å². The lowest BCUT2D eigenvalue weighted by Crippen LogP contribution is -2.42. The van der Waals surface area contributed by atoms with Crippen molar-refractivity contribution >= 4 is 47.4 Å². The molecule has 3 N–H and O–H groups in total. The predicted octanol–water partition coefficient (Wildman–Crippen LogP) is 3.64. The van der Waals surface area contributed by atoms with Crippen molar-refractivity contribution in [2.75, 3.05) is 19.6 Å². The Morgan fingerprint density at radius 1 is 1.15 bits per heavy atom. The molecule has 0 saturated heterocycles. The number of amides is 1. The monoisotopic (exact) mass is 511 g/mol. The van der Waals surface area contributed by atoms with Gasteiger partial charge in [-0.25, -0.2) is 14.8 Å². The van der Waals surface area contributed by atoms with Gasteiger partial charge in [0.25, 0.3) is 0 Å². The van der Waals surface area contributed by atoms with Crippen molar-refractivity contribution in [1.82, 2.24) is 20.9 Å². The van der Waals surface area contributed by atoms with Gasteiger partial charge in [0.15, 0.2) is 5.96 Å². The van der Waals surface area contributed by atoms with E-state index in [1.807, 2.05) is 27.7 Å². The smallest absolute Gasteiger partial charge is 0.407 e. The molecule has 0 atom stereocenters. The number of ether oxygens (including phenoxy) is 1. The number of nitrogens with zero attached hydrogens (tertiary/aromatic N) is 2. The van der Waals surface area contributed by atoms with E-state index in [1.165, 1.54) is 0 Å². The summed E-state index contributed by atoms with van der Waals surface area (Å²) in [5.41, 5.74) is 0.648. The predicted molar refractivity (Wildman–Crippen MR) is 123 cm³/mol. The highest BCUT2D eigenvalue weighted by atomic mass is 127. The second-order valence-corrected chi connectivity index (χ2v) is 8.87. The summed E-state index contributed by atoms with van der Waals surface area (Å²) in [4.78, 5) is 20.8. The number of halogens is 1. The van der Waals surface area contributed by atoms with Gasteiger partial charge >= 0.3 is 6.09 Å². The number of aromatic nitrogens is 1. The molecule has 0 saturated carbocycles. The number of hydrogen-bond acceptors (Lipinski definition) is 5. The minimum Gasteiger partial charge on any atom is -0.444 e. The van der Waals surface area contributed by atoms with Gasteiger partial charge in [-0.1, -0.05) is 20.8 Å². The van der Waals surface area contributed by atoms with Crippen LogP contribution in [0.2, 0.25) is 0 Å². The molecule has 0 bridgehead atoms. The van der Waals surface area contributed by atoms with E-state index < -0.39 is 11.7 Å². The van der Waals surface area contributed by atoms with Crippen LogP contribution in [0.4, 0.5) is 4.79 Å². The highest BCUT2D eigenvalue weighted by Crippen LogP contribution is 2.24. The minimum atomic E-state index is -0.493. The Morgan fingerprint density at radius 2 is 1.78 bits per heavy atom. The molecule has 27 heavy (non-hydrogen) atoms. The van der Waals surface area contributed by atoms with Crippen molar-refractivity contribution in [3.63, 3.8) is 0 Å². The number of carbonyl (C=O) groups is 1. The number of aliphatic imine (C=N–C) groups is 1. The maximum Gasteiger partial charge on any atom is 0.407 e. The van der Waals surface area contributed by atoms with Gasteiger partial charge in [-0.15, -0.1) is 35.3 Å². The number of nitrogens with one attached hydrogen (secondary N) is 3. The van der Waals surface area contributed by atoms with Crippen LogP contribution in [-0.2, 0) is 16.7 Å². The fourth-order valence-corrected chi connectivity index (χ4v) is 2.82. The van der Waals surface area contributed by atoms with Crippen molar-refractivity contribution in [2.45, 2.75) is 66.0 Å². The maximum absolute atomic E-state index is 11.6. The van der Waals surface area contributed by atoms with Crippen LogP contribution in [0.25, 0.3) is 0 Å². The van der Waals surface area contributed by atoms with E-state index in [0.717, 1.165) is 17.2 Å². The summed E-state index contributed by atoms with van der Waals surface area (Å²) in [6.07, 6.45) is -0.418. The molecule has 0 fully saturated rings. The van der Waals surface area contributed by atoms with Crippen LogP contribution in [0.5, 0.6) is 0 Å². The molecule has 9 heteroatoms. The number of carbonyl (C=O) groups excluding carboxylic acids is 1. The lowest BCUT2D eigenvalue weighted by atomic mass is 9.93. The van der Waals surface area contributed by atoms with Gasteiger partial charge in [0.2, 0.25) is 0 Å². The molecule has 0 aliphatic heterocycles. The highest BCUT2D eigenvalue weighted by Gasteiger charge is 2.17. The first-order valence-corrected chi connectivity index (χ1v) is 9.83. The van der Waals surface area contributed by atoms with Gasteiger partial charge in [-0.2, -0.15) is 0 Å². The quantitative estimate of drug-likeness (QED) is 0.235. The van der Waals surface area contributed by atoms with Crippen LogP contribution < -0.4 is 16.0 Å². The van der Waals surface area contributed by atoms with Crippen LogP contribution >= 0.6 is 35.3 Å². The second kappa shape index (κ2) is 11.7. The Labute approximate surface area is 184 Å². The standard InChI is InChI=1S/C18H33N5O2S.HI/c1-8-19-15(20-9-10-21-16(24)25-18(5,6)7)22-11-14-23-13(12-26-14)17(2,3)4;/h12H,8-11H2,1-7H3,(H,21,24)(H2,19,20,22);1H. The van der Waals surface area contributed by atoms with Crippen LogP contribution in [0.3, 0.4) is 0 Å². The summed E-state index contributed by atoms with van der Waals surface area (Å²) in [7, 11) is 0. The van der Waals surface area contributed by atoms with Gasteiger partial charge in [0, 0.05) is 30.4 Å². The molecule has 1 rings (SSSR count). The highest BCUT2D eigenvalue weighted by molar-refractivity contribution is 14.0. The first-order chi connectivity index (χ1) is 12.0. The van der Waals surface area contributed by atoms with Crippen LogP contribution in [0, 0.1) is 0 Å². The first kappa shape index (κ1) is 25.9. The average Bonchev–Trinajstić information content (AvgIpc) is 2.96. The summed E-state index contributed by atoms with van der Waals surface area (Å²) in [5.74, 6) is 0.700. The maximum atomic E-state index is 11.6. The molecule has 1 aromatic heterocycles. The van der Waals surface area contributed by atoms with Crippen LogP contribution in [0.1, 0.15) is 59.2 Å².